The summed E-state index contributed by atoms with van der Waals surface area (Å²) in [5.41, 5.74) is 15.4. The van der Waals surface area contributed by atoms with Gasteiger partial charge in [-0.25, -0.2) is 0 Å². The quantitative estimate of drug-likeness (QED) is 0.169. The maximum Gasteiger partial charge on any atom is 0.132 e. The number of para-hydroxylation sites is 1. The van der Waals surface area contributed by atoms with Gasteiger partial charge in [0.25, 0.3) is 0 Å². The van der Waals surface area contributed by atoms with Gasteiger partial charge in [-0.05, 0) is 103 Å². The molecule has 8 aromatic carbocycles. The molecule has 0 saturated heterocycles. The molecule has 3 aliphatic rings. The molecule has 2 aliphatic heterocycles. The zero-order valence-corrected chi connectivity index (χ0v) is 31.3. The van der Waals surface area contributed by atoms with E-state index in [4.69, 9.17) is 4.74 Å². The van der Waals surface area contributed by atoms with Crippen molar-refractivity contribution in [3.8, 4) is 44.9 Å². The first-order valence-corrected chi connectivity index (χ1v) is 21.8. The lowest BCUT2D eigenvalue weighted by atomic mass is 9.66. The van der Waals surface area contributed by atoms with Gasteiger partial charge in [0.2, 0.25) is 0 Å². The van der Waals surface area contributed by atoms with E-state index < -0.39 is 13.5 Å². The average Bonchev–Trinajstić information content (AvgIpc) is 3.64. The van der Waals surface area contributed by atoms with Gasteiger partial charge in [0, 0.05) is 28.2 Å². The molecule has 0 bridgehead atoms. The predicted molar refractivity (Wildman–Crippen MR) is 226 cm³/mol. The smallest absolute Gasteiger partial charge is 0.132 e. The van der Waals surface area contributed by atoms with E-state index in [1.165, 1.54) is 60.4 Å². The molecule has 11 rings (SSSR count). The minimum absolute atomic E-state index is 0.539. The summed E-state index contributed by atoms with van der Waals surface area (Å²) in [6.45, 7) is 4.96. The third-order valence-electron chi connectivity index (χ3n) is 12.1. The number of hydrogen-bond acceptors (Lipinski definition) is 2. The normalized spacial score (nSPS) is 14.6. The van der Waals surface area contributed by atoms with Crippen LogP contribution < -0.4 is 20.0 Å². The monoisotopic (exact) mass is 707 g/mol. The van der Waals surface area contributed by atoms with Crippen molar-refractivity contribution in [2.24, 2.45) is 0 Å². The Balaban J connectivity index is 1.16. The lowest BCUT2D eigenvalue weighted by Crippen LogP contribution is -2.49. The van der Waals surface area contributed by atoms with Crippen LogP contribution in [0.15, 0.2) is 188 Å². The van der Waals surface area contributed by atoms with Crippen LogP contribution in [0.5, 0.6) is 11.5 Å². The molecular formula is C51H37NOSi. The fourth-order valence-corrected chi connectivity index (χ4v) is 12.8. The second-order valence-corrected chi connectivity index (χ2v) is 19.6. The Morgan fingerprint density at radius 3 is 1.65 bits per heavy atom. The highest BCUT2D eigenvalue weighted by molar-refractivity contribution is 7.03. The van der Waals surface area contributed by atoms with Crippen molar-refractivity contribution in [3.05, 3.63) is 210 Å². The maximum absolute atomic E-state index is 6.81. The zero-order valence-electron chi connectivity index (χ0n) is 30.3. The standard InChI is InChI=1S/C51H37NOSi/c1-54(2)49-23-13-8-18-41(49)42-32-37(29-31-50(42)54)52(36-26-24-35(25-27-36)34-14-4-3-5-15-34)38-28-30-48-46(33-38)51(45-21-11-12-22-47(45)53-48)43-19-9-6-16-39(43)40-17-7-10-20-44(40)51/h3-33H,1-2H3. The maximum atomic E-state index is 6.81. The van der Waals surface area contributed by atoms with Crippen molar-refractivity contribution in [2.45, 2.75) is 18.5 Å². The molecule has 0 N–H and O–H groups in total. The van der Waals surface area contributed by atoms with E-state index in [2.05, 4.69) is 206 Å². The molecular weight excluding hydrogens is 671 g/mol. The number of hydrogen-bond donors (Lipinski definition) is 0. The molecule has 0 saturated carbocycles. The first-order chi connectivity index (χ1) is 26.5. The predicted octanol–water partition coefficient (Wildman–Crippen LogP) is 12.1. The number of fused-ring (bicyclic) bond motifs is 12. The van der Waals surface area contributed by atoms with Crippen LogP contribution in [0.2, 0.25) is 13.1 Å². The van der Waals surface area contributed by atoms with E-state index in [9.17, 15) is 0 Å². The lowest BCUT2D eigenvalue weighted by Gasteiger charge is -2.40. The Kier molecular flexibility index (Phi) is 6.65. The molecule has 2 heterocycles. The Bertz CT molecular complexity index is 2740. The summed E-state index contributed by atoms with van der Waals surface area (Å²) in [6.07, 6.45) is 0. The number of benzene rings is 8. The Morgan fingerprint density at radius 1 is 0.389 bits per heavy atom. The molecule has 0 unspecified atom stereocenters. The van der Waals surface area contributed by atoms with E-state index in [-0.39, 0.29) is 0 Å². The lowest BCUT2D eigenvalue weighted by molar-refractivity contribution is 0.436. The van der Waals surface area contributed by atoms with Crippen LogP contribution in [0.1, 0.15) is 22.3 Å². The molecule has 3 heteroatoms. The largest absolute Gasteiger partial charge is 0.457 e. The summed E-state index contributed by atoms with van der Waals surface area (Å²) >= 11 is 0. The van der Waals surface area contributed by atoms with E-state index >= 15 is 0 Å². The summed E-state index contributed by atoms with van der Waals surface area (Å²) in [4.78, 5) is 2.44. The van der Waals surface area contributed by atoms with Crippen molar-refractivity contribution < 1.29 is 4.74 Å². The van der Waals surface area contributed by atoms with Crippen LogP contribution in [-0.2, 0) is 5.41 Å². The van der Waals surface area contributed by atoms with Gasteiger partial charge < -0.3 is 9.64 Å². The molecule has 8 aromatic rings. The molecule has 0 atom stereocenters. The molecule has 0 aromatic heterocycles. The molecule has 0 amide bonds. The minimum Gasteiger partial charge on any atom is -0.457 e. The molecule has 54 heavy (non-hydrogen) atoms. The van der Waals surface area contributed by atoms with Gasteiger partial charge in [-0.3, -0.25) is 0 Å². The average molecular weight is 708 g/mol. The highest BCUT2D eigenvalue weighted by Crippen LogP contribution is 2.62. The summed E-state index contributed by atoms with van der Waals surface area (Å²) in [5.74, 6) is 1.79. The van der Waals surface area contributed by atoms with E-state index in [1.54, 1.807) is 0 Å². The van der Waals surface area contributed by atoms with E-state index in [0.717, 1.165) is 34.1 Å². The van der Waals surface area contributed by atoms with Crippen molar-refractivity contribution in [1.29, 1.82) is 0 Å². The van der Waals surface area contributed by atoms with Crippen molar-refractivity contribution in [1.82, 2.24) is 0 Å². The van der Waals surface area contributed by atoms with Gasteiger partial charge in [0.05, 0.1) is 5.41 Å². The fourth-order valence-electron chi connectivity index (χ4n) is 9.71. The summed E-state index contributed by atoms with van der Waals surface area (Å²) in [7, 11) is -1.82. The first kappa shape index (κ1) is 31.1. The number of anilines is 3. The number of rotatable bonds is 4. The molecule has 1 aliphatic carbocycles. The van der Waals surface area contributed by atoms with Gasteiger partial charge in [-0.15, -0.1) is 0 Å². The van der Waals surface area contributed by atoms with E-state index in [0.29, 0.717) is 0 Å². The van der Waals surface area contributed by atoms with Crippen LogP contribution in [0, 0.1) is 0 Å². The molecule has 256 valence electrons. The third kappa shape index (κ3) is 4.27. The summed E-state index contributed by atoms with van der Waals surface area (Å²) in [6, 6.07) is 69.2. The van der Waals surface area contributed by atoms with Crippen molar-refractivity contribution in [2.75, 3.05) is 4.90 Å². The third-order valence-corrected chi connectivity index (χ3v) is 15.7. The van der Waals surface area contributed by atoms with Crippen LogP contribution in [0.25, 0.3) is 33.4 Å². The molecule has 0 radical (unpaired) electrons. The number of nitrogens with zero attached hydrogens (tertiary/aromatic N) is 1. The van der Waals surface area contributed by atoms with Crippen LogP contribution in [0.4, 0.5) is 17.1 Å². The van der Waals surface area contributed by atoms with Gasteiger partial charge in [-0.2, -0.15) is 0 Å². The second kappa shape index (κ2) is 11.5. The fraction of sp³-hybridized carbons (Fsp3) is 0.0588. The second-order valence-electron chi connectivity index (χ2n) is 15.3. The van der Waals surface area contributed by atoms with Gasteiger partial charge in [0.1, 0.15) is 19.6 Å². The molecule has 1 spiro atoms. The van der Waals surface area contributed by atoms with Crippen molar-refractivity contribution in [3.63, 3.8) is 0 Å². The summed E-state index contributed by atoms with van der Waals surface area (Å²) < 4.78 is 6.81. The van der Waals surface area contributed by atoms with Gasteiger partial charge in [-0.1, -0.05) is 153 Å². The minimum atomic E-state index is -1.82. The van der Waals surface area contributed by atoms with Crippen LogP contribution in [0.3, 0.4) is 0 Å². The van der Waals surface area contributed by atoms with E-state index in [1.807, 2.05) is 0 Å². The molecule has 0 fully saturated rings. The Morgan fingerprint density at radius 2 is 0.907 bits per heavy atom. The summed E-state index contributed by atoms with van der Waals surface area (Å²) in [5, 5.41) is 3.02. The zero-order chi connectivity index (χ0) is 36.0. The van der Waals surface area contributed by atoms with Gasteiger partial charge in [0.15, 0.2) is 0 Å². The Labute approximate surface area is 317 Å². The SMILES string of the molecule is C[Si]1(C)c2ccccc2-c2cc(N(c3ccc(-c4ccccc4)cc3)c3ccc4c(c3)C3(c5ccccc5O4)c4ccccc4-c4ccccc43)ccc21. The highest BCUT2D eigenvalue weighted by atomic mass is 28.3. The van der Waals surface area contributed by atoms with Crippen LogP contribution >= 0.6 is 0 Å². The van der Waals surface area contributed by atoms with Gasteiger partial charge >= 0.3 is 0 Å². The van der Waals surface area contributed by atoms with Crippen LogP contribution in [-0.4, -0.2) is 8.07 Å². The molecule has 2 nitrogen and oxygen atoms in total. The Hall–Kier alpha value is -6.42. The van der Waals surface area contributed by atoms with Crippen molar-refractivity contribution >= 4 is 35.5 Å². The highest BCUT2D eigenvalue weighted by Gasteiger charge is 2.51. The number of ether oxygens (including phenoxy) is 1. The first-order valence-electron chi connectivity index (χ1n) is 18.8. The topological polar surface area (TPSA) is 12.5 Å².